The number of amides is 1. The molecule has 0 radical (unpaired) electrons. The van der Waals surface area contributed by atoms with Gasteiger partial charge in [0.05, 0.1) is 19.3 Å². The molecule has 1 aliphatic heterocycles. The zero-order chi connectivity index (χ0) is 24.1. The Bertz CT molecular complexity index is 631. The van der Waals surface area contributed by atoms with E-state index in [0.717, 1.165) is 19.3 Å². The van der Waals surface area contributed by atoms with E-state index in [2.05, 4.69) is 12.2 Å². The summed E-state index contributed by atoms with van der Waals surface area (Å²) in [5, 5.41) is 11.9. The highest BCUT2D eigenvalue weighted by Crippen LogP contribution is 2.22. The number of likely N-dealkylation sites (tertiary alicyclic amines) is 1. The quantitative estimate of drug-likeness (QED) is 0.272. The number of nitrogens with one attached hydrogen (secondary N) is 1. The second-order valence-corrected chi connectivity index (χ2v) is 9.03. The molecular formula is C22H38N2O7S. The zero-order valence-corrected chi connectivity index (χ0v) is 20.4. The predicted octanol–water partition coefficient (Wildman–Crippen LogP) is 2.22. The molecule has 1 fully saturated rings. The van der Waals surface area contributed by atoms with Crippen LogP contribution in [-0.4, -0.2) is 82.7 Å². The molecule has 0 aromatic heterocycles. The van der Waals surface area contributed by atoms with Crippen molar-refractivity contribution in [1.29, 1.82) is 0 Å². The zero-order valence-electron chi connectivity index (χ0n) is 19.6. The average molecular weight is 475 g/mol. The number of esters is 2. The molecule has 0 aliphatic carbocycles. The lowest BCUT2D eigenvalue weighted by atomic mass is 10.1. The van der Waals surface area contributed by atoms with Crippen LogP contribution in [-0.2, 0) is 28.7 Å². The molecule has 2 N–H and O–H groups in total. The molecule has 0 aromatic rings. The monoisotopic (exact) mass is 474 g/mol. The smallest absolute Gasteiger partial charge is 0.326 e. The minimum absolute atomic E-state index is 0.190. The van der Waals surface area contributed by atoms with E-state index in [9.17, 15) is 24.3 Å². The summed E-state index contributed by atoms with van der Waals surface area (Å²) in [6.45, 7) is 8.00. The number of ether oxygens (including phenoxy) is 2. The van der Waals surface area contributed by atoms with Gasteiger partial charge in [-0.1, -0.05) is 26.2 Å². The van der Waals surface area contributed by atoms with Crippen molar-refractivity contribution in [2.75, 3.05) is 25.5 Å². The van der Waals surface area contributed by atoms with Gasteiger partial charge in [-0.2, -0.15) is 0 Å². The highest BCUT2D eigenvalue weighted by atomic mass is 32.2. The number of carboxylic acid groups (broad SMARTS) is 1. The van der Waals surface area contributed by atoms with Gasteiger partial charge in [0, 0.05) is 12.3 Å². The van der Waals surface area contributed by atoms with E-state index in [-0.39, 0.29) is 30.8 Å². The van der Waals surface area contributed by atoms with Crippen molar-refractivity contribution in [2.45, 2.75) is 89.6 Å². The normalized spacial score (nSPS) is 18.6. The van der Waals surface area contributed by atoms with Gasteiger partial charge in [0.15, 0.2) is 0 Å². The number of carbonyl (C=O) groups is 4. The van der Waals surface area contributed by atoms with E-state index in [1.807, 2.05) is 0 Å². The SMILES string of the molecule is CCCCC[C@@H](SCC(NC(C)C(=O)N1CCC[C@H]1C(=O)O)C(=O)OCC)C(=O)OCC. The lowest BCUT2D eigenvalue weighted by Crippen LogP contribution is -2.54. The summed E-state index contributed by atoms with van der Waals surface area (Å²) in [6, 6.07) is -2.42. The number of hydrogen-bond donors (Lipinski definition) is 2. The van der Waals surface area contributed by atoms with Crippen LogP contribution in [0, 0.1) is 0 Å². The van der Waals surface area contributed by atoms with Crippen LogP contribution >= 0.6 is 11.8 Å². The van der Waals surface area contributed by atoms with E-state index in [4.69, 9.17) is 9.47 Å². The molecule has 0 saturated carbocycles. The van der Waals surface area contributed by atoms with Crippen LogP contribution in [0.25, 0.3) is 0 Å². The van der Waals surface area contributed by atoms with E-state index in [1.165, 1.54) is 16.7 Å². The van der Waals surface area contributed by atoms with Crippen LogP contribution in [0.4, 0.5) is 0 Å². The van der Waals surface area contributed by atoms with Gasteiger partial charge >= 0.3 is 17.9 Å². The first-order chi connectivity index (χ1) is 15.3. The van der Waals surface area contributed by atoms with Gasteiger partial charge < -0.3 is 19.5 Å². The van der Waals surface area contributed by atoms with E-state index in [0.29, 0.717) is 25.8 Å². The largest absolute Gasteiger partial charge is 0.480 e. The third-order valence-electron chi connectivity index (χ3n) is 5.30. The van der Waals surface area contributed by atoms with E-state index >= 15 is 0 Å². The number of unbranched alkanes of at least 4 members (excludes halogenated alkanes) is 2. The first kappa shape index (κ1) is 28.2. The molecule has 0 spiro atoms. The van der Waals surface area contributed by atoms with Crippen LogP contribution < -0.4 is 5.32 Å². The number of aliphatic carboxylic acids is 1. The second-order valence-electron chi connectivity index (χ2n) is 7.79. The van der Waals surface area contributed by atoms with Gasteiger partial charge in [-0.05, 0) is 40.0 Å². The molecule has 4 atom stereocenters. The van der Waals surface area contributed by atoms with E-state index in [1.54, 1.807) is 20.8 Å². The van der Waals surface area contributed by atoms with Crippen molar-refractivity contribution < 1.29 is 33.8 Å². The molecule has 9 nitrogen and oxygen atoms in total. The van der Waals surface area contributed by atoms with Crippen LogP contribution in [0.3, 0.4) is 0 Å². The maximum absolute atomic E-state index is 12.8. The topological polar surface area (TPSA) is 122 Å². The summed E-state index contributed by atoms with van der Waals surface area (Å²) in [4.78, 5) is 50.5. The number of hydrogen-bond acceptors (Lipinski definition) is 8. The van der Waals surface area contributed by atoms with Crippen molar-refractivity contribution in [3.05, 3.63) is 0 Å². The van der Waals surface area contributed by atoms with Gasteiger partial charge in [0.25, 0.3) is 0 Å². The number of rotatable bonds is 15. The average Bonchev–Trinajstić information content (AvgIpc) is 3.25. The second kappa shape index (κ2) is 15.1. The van der Waals surface area contributed by atoms with Crippen molar-refractivity contribution >= 4 is 35.6 Å². The Morgan fingerprint density at radius 1 is 1.09 bits per heavy atom. The molecule has 184 valence electrons. The Balaban J connectivity index is 2.83. The Morgan fingerprint density at radius 3 is 2.34 bits per heavy atom. The molecule has 0 bridgehead atoms. The summed E-state index contributed by atoms with van der Waals surface area (Å²) in [6.07, 6.45) is 4.61. The minimum atomic E-state index is -1.02. The summed E-state index contributed by atoms with van der Waals surface area (Å²) in [5.74, 6) is -1.97. The van der Waals surface area contributed by atoms with Crippen molar-refractivity contribution in [3.63, 3.8) is 0 Å². The Hall–Kier alpha value is -1.81. The third-order valence-corrected chi connectivity index (χ3v) is 6.65. The van der Waals surface area contributed by atoms with Crippen molar-refractivity contribution in [3.8, 4) is 0 Å². The van der Waals surface area contributed by atoms with Crippen LogP contribution in [0.1, 0.15) is 66.2 Å². The molecule has 2 unspecified atom stereocenters. The molecule has 10 heteroatoms. The summed E-state index contributed by atoms with van der Waals surface area (Å²) in [5.41, 5.74) is 0. The maximum atomic E-state index is 12.8. The summed E-state index contributed by atoms with van der Waals surface area (Å²) in [7, 11) is 0. The molecule has 1 saturated heterocycles. The van der Waals surface area contributed by atoms with Gasteiger partial charge in [-0.15, -0.1) is 11.8 Å². The molecule has 32 heavy (non-hydrogen) atoms. The molecule has 1 rings (SSSR count). The Morgan fingerprint density at radius 2 is 1.75 bits per heavy atom. The summed E-state index contributed by atoms with van der Waals surface area (Å²) >= 11 is 1.32. The lowest BCUT2D eigenvalue weighted by Gasteiger charge is -2.28. The number of carbonyl (C=O) groups excluding carboxylic acids is 3. The minimum Gasteiger partial charge on any atom is -0.480 e. The number of carboxylic acids is 1. The Kier molecular flexibility index (Phi) is 13.3. The van der Waals surface area contributed by atoms with Crippen LogP contribution in [0.2, 0.25) is 0 Å². The standard InChI is InChI=1S/C22H38N2O7S/c1-5-8-9-12-18(22(29)31-7-3)32-14-16(21(28)30-6-2)23-15(4)19(25)24-13-10-11-17(24)20(26)27/h15-18,23H,5-14H2,1-4H3,(H,26,27)/t15?,16?,17-,18+/m0/s1. The molecule has 0 aromatic carbocycles. The first-order valence-electron chi connectivity index (χ1n) is 11.5. The van der Waals surface area contributed by atoms with Gasteiger partial charge in [0.1, 0.15) is 17.3 Å². The fourth-order valence-electron chi connectivity index (χ4n) is 3.63. The third kappa shape index (κ3) is 8.97. The summed E-state index contributed by atoms with van der Waals surface area (Å²) < 4.78 is 10.3. The fraction of sp³-hybridized carbons (Fsp3) is 0.818. The maximum Gasteiger partial charge on any atom is 0.326 e. The highest BCUT2D eigenvalue weighted by Gasteiger charge is 2.37. The highest BCUT2D eigenvalue weighted by molar-refractivity contribution is 8.00. The van der Waals surface area contributed by atoms with Crippen LogP contribution in [0.5, 0.6) is 0 Å². The molecular weight excluding hydrogens is 436 g/mol. The molecule has 1 heterocycles. The van der Waals surface area contributed by atoms with Crippen molar-refractivity contribution in [1.82, 2.24) is 10.2 Å². The lowest BCUT2D eigenvalue weighted by molar-refractivity contribution is -0.150. The molecule has 1 aliphatic rings. The van der Waals surface area contributed by atoms with Gasteiger partial charge in [-0.3, -0.25) is 19.7 Å². The van der Waals surface area contributed by atoms with Crippen molar-refractivity contribution in [2.24, 2.45) is 0 Å². The first-order valence-corrected chi connectivity index (χ1v) is 12.6. The van der Waals surface area contributed by atoms with Gasteiger partial charge in [-0.25, -0.2) is 4.79 Å². The Labute approximate surface area is 194 Å². The van der Waals surface area contributed by atoms with Gasteiger partial charge in [0.2, 0.25) is 5.91 Å². The van der Waals surface area contributed by atoms with E-state index < -0.39 is 35.3 Å². The predicted molar refractivity (Wildman–Crippen MR) is 122 cm³/mol. The molecule has 1 amide bonds. The van der Waals surface area contributed by atoms with Crippen LogP contribution in [0.15, 0.2) is 0 Å². The number of nitrogens with zero attached hydrogens (tertiary/aromatic N) is 1. The fourth-order valence-corrected chi connectivity index (χ4v) is 4.83. The number of thioether (sulfide) groups is 1.